The summed E-state index contributed by atoms with van der Waals surface area (Å²) in [6.07, 6.45) is 0.294. The van der Waals surface area contributed by atoms with Crippen LogP contribution in [0, 0.1) is 11.3 Å². The van der Waals surface area contributed by atoms with Gasteiger partial charge in [0, 0.05) is 17.6 Å². The van der Waals surface area contributed by atoms with Gasteiger partial charge < -0.3 is 10.6 Å². The Morgan fingerprint density at radius 1 is 1.00 bits per heavy atom. The van der Waals surface area contributed by atoms with Crippen LogP contribution in [0.2, 0.25) is 0 Å². The molecule has 1 aromatic heterocycles. The molecule has 142 valence electrons. The number of carbonyl (C=O) groups is 1. The van der Waals surface area contributed by atoms with Crippen LogP contribution in [0.3, 0.4) is 0 Å². The van der Waals surface area contributed by atoms with Crippen LogP contribution >= 0.6 is 0 Å². The number of anilines is 2. The van der Waals surface area contributed by atoms with E-state index in [-0.39, 0.29) is 5.91 Å². The highest BCUT2D eigenvalue weighted by molar-refractivity contribution is 6.01. The van der Waals surface area contributed by atoms with E-state index in [0.717, 1.165) is 27.7 Å². The van der Waals surface area contributed by atoms with Crippen LogP contribution < -0.4 is 10.6 Å². The second kappa shape index (κ2) is 8.28. The van der Waals surface area contributed by atoms with E-state index in [1.807, 2.05) is 66.7 Å². The molecular formula is C23H19N5O. The van der Waals surface area contributed by atoms with Gasteiger partial charge in [-0.05, 0) is 41.5 Å². The predicted molar refractivity (Wildman–Crippen MR) is 113 cm³/mol. The fourth-order valence-electron chi connectivity index (χ4n) is 3.13. The highest BCUT2D eigenvalue weighted by atomic mass is 16.1. The van der Waals surface area contributed by atoms with E-state index < -0.39 is 0 Å². The zero-order chi connectivity index (χ0) is 20.1. The number of hydrogen-bond donors (Lipinski definition) is 3. The lowest BCUT2D eigenvalue weighted by molar-refractivity contribution is -0.115. The largest absolute Gasteiger partial charge is 0.381 e. The first-order valence-electron chi connectivity index (χ1n) is 9.26. The van der Waals surface area contributed by atoms with Gasteiger partial charge in [0.05, 0.1) is 23.6 Å². The minimum atomic E-state index is -0.115. The number of nitrogens with one attached hydrogen (secondary N) is 3. The molecular weight excluding hydrogens is 362 g/mol. The Balaban J connectivity index is 1.47. The average Bonchev–Trinajstić information content (AvgIpc) is 3.15. The standard InChI is InChI=1S/C23H19N5O/c24-14-17-7-4-8-18(11-17)15-25-19-9-10-21-20(13-19)23(28-27-21)26-22(29)12-16-5-2-1-3-6-16/h1-11,13,25H,12,15H2,(H2,26,27,28,29). The van der Waals surface area contributed by atoms with Crippen molar-refractivity contribution < 1.29 is 4.79 Å². The van der Waals surface area contributed by atoms with Crippen LogP contribution in [0.1, 0.15) is 16.7 Å². The van der Waals surface area contributed by atoms with E-state index in [2.05, 4.69) is 26.9 Å². The monoisotopic (exact) mass is 381 g/mol. The predicted octanol–water partition coefficient (Wildman–Crippen LogP) is 4.23. The minimum absolute atomic E-state index is 0.115. The number of aromatic nitrogens is 2. The Hall–Kier alpha value is -4.11. The van der Waals surface area contributed by atoms with Crippen LogP contribution in [-0.4, -0.2) is 16.1 Å². The second-order valence-corrected chi connectivity index (χ2v) is 6.71. The molecule has 0 fully saturated rings. The molecule has 6 nitrogen and oxygen atoms in total. The second-order valence-electron chi connectivity index (χ2n) is 6.71. The number of nitriles is 1. The molecule has 0 radical (unpaired) electrons. The fourth-order valence-corrected chi connectivity index (χ4v) is 3.13. The molecule has 0 saturated heterocycles. The first kappa shape index (κ1) is 18.3. The summed E-state index contributed by atoms with van der Waals surface area (Å²) < 4.78 is 0. The van der Waals surface area contributed by atoms with E-state index in [4.69, 9.17) is 5.26 Å². The molecule has 0 saturated carbocycles. The number of hydrogen-bond acceptors (Lipinski definition) is 4. The summed E-state index contributed by atoms with van der Waals surface area (Å²) in [6.45, 7) is 0.592. The Labute approximate surface area is 168 Å². The smallest absolute Gasteiger partial charge is 0.230 e. The molecule has 3 aromatic carbocycles. The molecule has 0 atom stereocenters. The van der Waals surface area contributed by atoms with Crippen LogP contribution in [0.15, 0.2) is 72.8 Å². The molecule has 0 unspecified atom stereocenters. The van der Waals surface area contributed by atoms with Gasteiger partial charge in [-0.3, -0.25) is 9.89 Å². The van der Waals surface area contributed by atoms with Crippen molar-refractivity contribution in [2.24, 2.45) is 0 Å². The summed E-state index contributed by atoms with van der Waals surface area (Å²) in [5.74, 6) is 0.396. The van der Waals surface area contributed by atoms with Crippen molar-refractivity contribution in [3.63, 3.8) is 0 Å². The Morgan fingerprint density at radius 2 is 1.83 bits per heavy atom. The van der Waals surface area contributed by atoms with Gasteiger partial charge >= 0.3 is 0 Å². The van der Waals surface area contributed by atoms with Gasteiger partial charge in [-0.25, -0.2) is 0 Å². The number of nitrogens with zero attached hydrogens (tertiary/aromatic N) is 2. The first-order valence-corrected chi connectivity index (χ1v) is 9.26. The van der Waals surface area contributed by atoms with Crippen LogP contribution in [0.4, 0.5) is 11.5 Å². The molecule has 4 rings (SSSR count). The summed E-state index contributed by atoms with van der Waals surface area (Å²) >= 11 is 0. The highest BCUT2D eigenvalue weighted by Crippen LogP contribution is 2.24. The van der Waals surface area contributed by atoms with Gasteiger partial charge in [-0.2, -0.15) is 10.4 Å². The summed E-state index contributed by atoms with van der Waals surface area (Å²) in [5.41, 5.74) is 4.36. The molecule has 1 heterocycles. The normalized spacial score (nSPS) is 10.4. The van der Waals surface area contributed by atoms with Gasteiger partial charge in [0.1, 0.15) is 0 Å². The first-order chi connectivity index (χ1) is 14.2. The molecule has 3 N–H and O–H groups in total. The third-order valence-electron chi connectivity index (χ3n) is 4.58. The van der Waals surface area contributed by atoms with E-state index in [0.29, 0.717) is 24.3 Å². The lowest BCUT2D eigenvalue weighted by Gasteiger charge is -2.08. The average molecular weight is 381 g/mol. The lowest BCUT2D eigenvalue weighted by Crippen LogP contribution is -2.14. The van der Waals surface area contributed by atoms with Gasteiger partial charge in [0.2, 0.25) is 5.91 Å². The topological polar surface area (TPSA) is 93.6 Å². The van der Waals surface area contributed by atoms with E-state index >= 15 is 0 Å². The summed E-state index contributed by atoms with van der Waals surface area (Å²) in [4.78, 5) is 12.4. The van der Waals surface area contributed by atoms with Crippen LogP contribution in [-0.2, 0) is 17.8 Å². The minimum Gasteiger partial charge on any atom is -0.381 e. The van der Waals surface area contributed by atoms with E-state index in [1.54, 1.807) is 6.07 Å². The van der Waals surface area contributed by atoms with Crippen molar-refractivity contribution in [1.82, 2.24) is 10.2 Å². The van der Waals surface area contributed by atoms with Gasteiger partial charge in [0.15, 0.2) is 5.82 Å². The summed E-state index contributed by atoms with van der Waals surface area (Å²) in [5, 5.41) is 23.3. The third-order valence-corrected chi connectivity index (χ3v) is 4.58. The van der Waals surface area contributed by atoms with Crippen molar-refractivity contribution in [3.05, 3.63) is 89.5 Å². The zero-order valence-electron chi connectivity index (χ0n) is 15.6. The molecule has 4 aromatic rings. The SMILES string of the molecule is N#Cc1cccc(CNc2ccc3[nH]nc(NC(=O)Cc4ccccc4)c3c2)c1. The molecule has 0 aliphatic rings. The third kappa shape index (κ3) is 4.42. The maximum Gasteiger partial charge on any atom is 0.230 e. The molecule has 0 spiro atoms. The van der Waals surface area contributed by atoms with Gasteiger partial charge in [-0.1, -0.05) is 42.5 Å². The molecule has 0 aliphatic heterocycles. The number of benzene rings is 3. The quantitative estimate of drug-likeness (QED) is 0.466. The number of aromatic amines is 1. The Kier molecular flexibility index (Phi) is 5.21. The number of H-pyrrole nitrogens is 1. The van der Waals surface area contributed by atoms with Gasteiger partial charge in [-0.15, -0.1) is 0 Å². The Bertz CT molecular complexity index is 1190. The number of fused-ring (bicyclic) bond motifs is 1. The fraction of sp³-hybridized carbons (Fsp3) is 0.0870. The lowest BCUT2D eigenvalue weighted by atomic mass is 10.1. The Morgan fingerprint density at radius 3 is 2.66 bits per heavy atom. The van der Waals surface area contributed by atoms with Crippen molar-refractivity contribution in [2.75, 3.05) is 10.6 Å². The van der Waals surface area contributed by atoms with Crippen LogP contribution in [0.25, 0.3) is 10.9 Å². The molecule has 6 heteroatoms. The van der Waals surface area contributed by atoms with Crippen molar-refractivity contribution >= 4 is 28.3 Å². The van der Waals surface area contributed by atoms with Gasteiger partial charge in [0.25, 0.3) is 0 Å². The molecule has 0 bridgehead atoms. The van der Waals surface area contributed by atoms with E-state index in [9.17, 15) is 4.79 Å². The van der Waals surface area contributed by atoms with Crippen molar-refractivity contribution in [2.45, 2.75) is 13.0 Å². The maximum absolute atomic E-state index is 12.4. The number of rotatable bonds is 6. The number of amides is 1. The van der Waals surface area contributed by atoms with E-state index in [1.165, 1.54) is 0 Å². The molecule has 1 amide bonds. The number of carbonyl (C=O) groups excluding carboxylic acids is 1. The highest BCUT2D eigenvalue weighted by Gasteiger charge is 2.11. The molecule has 29 heavy (non-hydrogen) atoms. The summed E-state index contributed by atoms with van der Waals surface area (Å²) in [6, 6.07) is 25.0. The van der Waals surface area contributed by atoms with Crippen molar-refractivity contribution in [1.29, 1.82) is 5.26 Å². The zero-order valence-corrected chi connectivity index (χ0v) is 15.6. The maximum atomic E-state index is 12.4. The molecule has 0 aliphatic carbocycles. The van der Waals surface area contributed by atoms with Crippen LogP contribution in [0.5, 0.6) is 0 Å². The summed E-state index contributed by atoms with van der Waals surface area (Å²) in [7, 11) is 0. The van der Waals surface area contributed by atoms with Crippen molar-refractivity contribution in [3.8, 4) is 6.07 Å².